The first-order valence-electron chi connectivity index (χ1n) is 22.2. The molecule has 2 saturated heterocycles. The van der Waals surface area contributed by atoms with Gasteiger partial charge in [0.05, 0.1) is 28.9 Å². The van der Waals surface area contributed by atoms with Gasteiger partial charge < -0.3 is 20.1 Å². The molecule has 4 aliphatic heterocycles. The van der Waals surface area contributed by atoms with E-state index in [9.17, 15) is 43.5 Å². The summed E-state index contributed by atoms with van der Waals surface area (Å²) < 4.78 is 5.82. The van der Waals surface area contributed by atoms with Gasteiger partial charge in [0, 0.05) is 31.4 Å². The molecule has 64 heavy (non-hydrogen) atoms. The fourth-order valence-electron chi connectivity index (χ4n) is 7.82. The summed E-state index contributed by atoms with van der Waals surface area (Å²) in [7, 11) is 0. The smallest absolute Gasteiger partial charge is 0.266 e. The van der Waals surface area contributed by atoms with Crippen LogP contribution in [-0.4, -0.2) is 110 Å². The highest BCUT2D eigenvalue weighted by Crippen LogP contribution is 2.35. The minimum Gasteiger partial charge on any atom is -0.507 e. The Hall–Kier alpha value is -5.00. The molecule has 0 aromatic heterocycles. The summed E-state index contributed by atoms with van der Waals surface area (Å²) in [6.45, 7) is 1.07. The number of fused-ring (bicyclic) bond motifs is 2. The van der Waals surface area contributed by atoms with Crippen LogP contribution in [0.5, 0.6) is 11.5 Å². The van der Waals surface area contributed by atoms with Crippen molar-refractivity contribution >= 4 is 63.2 Å². The number of piperidine rings is 2. The van der Waals surface area contributed by atoms with Gasteiger partial charge in [-0.1, -0.05) is 113 Å². The molecule has 4 heterocycles. The van der Waals surface area contributed by atoms with E-state index in [1.807, 2.05) is 0 Å². The van der Waals surface area contributed by atoms with Crippen LogP contribution in [0.25, 0.3) is 0 Å². The van der Waals surface area contributed by atoms with Crippen LogP contribution in [-0.2, 0) is 19.2 Å². The van der Waals surface area contributed by atoms with E-state index in [1.54, 1.807) is 18.2 Å². The van der Waals surface area contributed by atoms with Crippen LogP contribution in [0.4, 0.5) is 0 Å². The van der Waals surface area contributed by atoms with Crippen LogP contribution in [0.2, 0.25) is 0 Å². The molecule has 2 aromatic carbocycles. The van der Waals surface area contributed by atoms with Gasteiger partial charge in [-0.25, -0.2) is 0 Å². The number of phenols is 1. The van der Waals surface area contributed by atoms with Crippen molar-refractivity contribution in [2.45, 2.75) is 148 Å². The van der Waals surface area contributed by atoms with Gasteiger partial charge in [-0.05, 0) is 62.8 Å². The minimum absolute atomic E-state index is 0. The molecule has 17 heteroatoms. The Morgan fingerprint density at radius 3 is 1.39 bits per heavy atom. The van der Waals surface area contributed by atoms with E-state index >= 15 is 0 Å². The first-order valence-corrected chi connectivity index (χ1v) is 23.4. The van der Waals surface area contributed by atoms with E-state index in [4.69, 9.17) is 14.9 Å². The van der Waals surface area contributed by atoms with Crippen molar-refractivity contribution in [1.82, 2.24) is 20.4 Å². The van der Waals surface area contributed by atoms with Crippen LogP contribution in [0.3, 0.4) is 0 Å². The van der Waals surface area contributed by atoms with Crippen molar-refractivity contribution in [2.75, 3.05) is 25.2 Å². The normalized spacial score (nSPS) is 17.7. The van der Waals surface area contributed by atoms with Crippen molar-refractivity contribution in [2.24, 2.45) is 0 Å². The van der Waals surface area contributed by atoms with Gasteiger partial charge in [-0.3, -0.25) is 58.8 Å². The van der Waals surface area contributed by atoms with Crippen LogP contribution >= 0.6 is 15.9 Å². The number of rotatable bonds is 22. The maximum atomic E-state index is 13.0. The number of aromatic hydroxyl groups is 1. The fraction of sp³-hybridized carbons (Fsp3) is 0.574. The van der Waals surface area contributed by atoms with Crippen molar-refractivity contribution in [1.29, 1.82) is 0 Å². The second-order valence-electron chi connectivity index (χ2n) is 15.9. The van der Waals surface area contributed by atoms with Crippen molar-refractivity contribution in [3.05, 3.63) is 58.7 Å². The summed E-state index contributed by atoms with van der Waals surface area (Å²) in [4.78, 5) is 98.4. The summed E-state index contributed by atoms with van der Waals surface area (Å²) in [5, 5.41) is 32.4. The fourth-order valence-corrected chi connectivity index (χ4v) is 8.22. The average molecular weight is 958 g/mol. The number of aliphatic hydroxyl groups excluding tert-OH is 2. The molecule has 0 aliphatic carbocycles. The van der Waals surface area contributed by atoms with E-state index < -0.39 is 59.3 Å². The molecule has 8 amide bonds. The Bertz CT molecular complexity index is 1930. The lowest BCUT2D eigenvalue weighted by atomic mass is 10.0. The van der Waals surface area contributed by atoms with E-state index in [-0.39, 0.29) is 67.7 Å². The number of hydrogen-bond donors (Lipinski definition) is 5. The maximum Gasteiger partial charge on any atom is 0.266 e. The molecule has 0 spiro atoms. The number of imide groups is 4. The molecule has 5 N–H and O–H groups in total. The molecule has 0 saturated carbocycles. The quantitative estimate of drug-likeness (QED) is 0.0483. The number of unbranched alkanes of at least 4 members (excludes halogenated alkanes) is 14. The number of carbonyl (C=O) groups is 8. The second kappa shape index (κ2) is 28.0. The van der Waals surface area contributed by atoms with Gasteiger partial charge in [-0.2, -0.15) is 0 Å². The third-order valence-corrected chi connectivity index (χ3v) is 11.8. The number of ether oxygens (including phenoxy) is 1. The summed E-state index contributed by atoms with van der Waals surface area (Å²) in [5.41, 5.74) is 0.401. The summed E-state index contributed by atoms with van der Waals surface area (Å²) in [5.74, 6) is -4.47. The number of hydrogen-bond acceptors (Lipinski definition) is 12. The molecule has 2 unspecified atom stereocenters. The molecule has 16 nitrogen and oxygen atoms in total. The number of carbonyl (C=O) groups excluding carboxylic acids is 8. The Balaban J connectivity index is 0.000000282. The van der Waals surface area contributed by atoms with Crippen LogP contribution < -0.4 is 15.4 Å². The Kier molecular flexibility index (Phi) is 23.4. The predicted molar refractivity (Wildman–Crippen MR) is 242 cm³/mol. The third-order valence-electron chi connectivity index (χ3n) is 11.2. The number of aliphatic hydroxyl groups is 2. The molecule has 0 radical (unpaired) electrons. The molecule has 0 bridgehead atoms. The van der Waals surface area contributed by atoms with Gasteiger partial charge in [0.2, 0.25) is 23.6 Å². The number of benzene rings is 2. The molecule has 2 fully saturated rings. The SMILES string of the molecule is C.O=C1CCC(N2C(=O)c3cccc(O)c3C2=O)C(=O)N1.O=C1CCC(N2C(=O)c3cccc(OCCCCCCCCCCO)c3C2=O)C(=O)N1.OCCCCCCCCCCBr. The molecule has 2 atom stereocenters. The van der Waals surface area contributed by atoms with Crippen LogP contribution in [0, 0.1) is 0 Å². The number of phenolic OH excluding ortho intramolecular Hbond substituents is 1. The van der Waals surface area contributed by atoms with Gasteiger partial charge in [0.25, 0.3) is 23.6 Å². The lowest BCUT2D eigenvalue weighted by Gasteiger charge is -2.27. The van der Waals surface area contributed by atoms with Gasteiger partial charge in [0.1, 0.15) is 23.6 Å². The Morgan fingerprint density at radius 2 is 0.953 bits per heavy atom. The number of nitrogens with zero attached hydrogens (tertiary/aromatic N) is 2. The van der Waals surface area contributed by atoms with E-state index in [0.717, 1.165) is 66.5 Å². The van der Waals surface area contributed by atoms with Gasteiger partial charge in [0.15, 0.2) is 0 Å². The number of nitrogens with one attached hydrogen (secondary N) is 2. The first-order chi connectivity index (χ1) is 30.5. The standard InChI is InChI=1S/C23H30N2O6.C13H10N2O5.C10H21BrO.CH4/c26-14-7-5-3-1-2-4-6-8-15-31-18-11-9-10-16-20(18)23(30)25(22(16)29)17-12-13-19(27)24-21(17)28;16-8-3-1-2-6-10(8)13(20)15(12(6)19)7-4-5-9(17)14-11(7)18;11-9-7-5-3-1-2-4-6-8-10-12;/h9-11,17,26H,1-8,12-15H2,(H,24,27,28);1-3,7,16H,4-5H2,(H,14,17,18);12H,1-10H2;1H4. The van der Waals surface area contributed by atoms with Gasteiger partial charge >= 0.3 is 0 Å². The zero-order valence-corrected chi connectivity index (χ0v) is 37.5. The Labute approximate surface area is 384 Å². The maximum absolute atomic E-state index is 13.0. The number of halogens is 1. The topological polar surface area (TPSA) is 237 Å². The van der Waals surface area contributed by atoms with E-state index in [0.29, 0.717) is 19.0 Å². The highest BCUT2D eigenvalue weighted by Gasteiger charge is 2.47. The number of amides is 8. The Morgan fingerprint density at radius 1 is 0.547 bits per heavy atom. The highest BCUT2D eigenvalue weighted by atomic mass is 79.9. The average Bonchev–Trinajstić information content (AvgIpc) is 3.67. The van der Waals surface area contributed by atoms with Crippen molar-refractivity contribution < 1.29 is 58.4 Å². The number of alkyl halides is 1. The lowest BCUT2D eigenvalue weighted by Crippen LogP contribution is -2.54. The molecule has 4 aliphatic rings. The zero-order chi connectivity index (χ0) is 45.7. The zero-order valence-electron chi connectivity index (χ0n) is 35.9. The summed E-state index contributed by atoms with van der Waals surface area (Å²) >= 11 is 3.42. The highest BCUT2D eigenvalue weighted by molar-refractivity contribution is 9.09. The van der Waals surface area contributed by atoms with E-state index in [1.165, 1.54) is 69.6 Å². The third kappa shape index (κ3) is 14.8. The monoisotopic (exact) mass is 956 g/mol. The van der Waals surface area contributed by atoms with Crippen LogP contribution in [0.15, 0.2) is 36.4 Å². The molecule has 6 rings (SSSR count). The minimum atomic E-state index is -1.01. The van der Waals surface area contributed by atoms with E-state index in [2.05, 4.69) is 26.6 Å². The summed E-state index contributed by atoms with van der Waals surface area (Å²) in [6.07, 6.45) is 19.0. The second-order valence-corrected chi connectivity index (χ2v) is 16.7. The van der Waals surface area contributed by atoms with Crippen LogP contribution in [0.1, 0.15) is 177 Å². The lowest BCUT2D eigenvalue weighted by molar-refractivity contribution is -0.137. The van der Waals surface area contributed by atoms with Crippen molar-refractivity contribution in [3.8, 4) is 11.5 Å². The largest absolute Gasteiger partial charge is 0.507 e. The molecule has 2 aromatic rings. The van der Waals surface area contributed by atoms with Gasteiger partial charge in [-0.15, -0.1) is 0 Å². The summed E-state index contributed by atoms with van der Waals surface area (Å²) in [6, 6.07) is 7.07. The first kappa shape index (κ1) is 53.3. The molecule has 352 valence electrons. The molecular weight excluding hydrogens is 892 g/mol. The van der Waals surface area contributed by atoms with Crippen molar-refractivity contribution in [3.63, 3.8) is 0 Å². The molecular formula is C47H65BrN4O12. The predicted octanol–water partition coefficient (Wildman–Crippen LogP) is 6.50.